The number of likely N-dealkylation sites (tertiary alicyclic amines) is 1. The highest BCUT2D eigenvalue weighted by molar-refractivity contribution is 5.92. The van der Waals surface area contributed by atoms with E-state index in [0.29, 0.717) is 12.0 Å². The van der Waals surface area contributed by atoms with Crippen molar-refractivity contribution in [3.63, 3.8) is 0 Å². The van der Waals surface area contributed by atoms with Gasteiger partial charge in [-0.25, -0.2) is 4.98 Å². The second-order valence-electron chi connectivity index (χ2n) is 8.12. The maximum atomic E-state index is 13.0. The molecule has 2 saturated heterocycles. The molecule has 2 amide bonds. The number of nitrogens with one attached hydrogen (secondary N) is 1. The Balaban J connectivity index is 1.24. The Labute approximate surface area is 174 Å². The van der Waals surface area contributed by atoms with Gasteiger partial charge in [-0.3, -0.25) is 9.59 Å². The van der Waals surface area contributed by atoms with Crippen LogP contribution in [0.25, 0.3) is 10.9 Å². The number of carbonyl (C=O) groups excluding carboxylic acids is 2. The maximum absolute atomic E-state index is 13.0. The highest BCUT2D eigenvalue weighted by atomic mass is 16.2. The Bertz CT molecular complexity index is 1090. The van der Waals surface area contributed by atoms with E-state index in [2.05, 4.69) is 31.9 Å². The van der Waals surface area contributed by atoms with E-state index in [9.17, 15) is 9.59 Å². The molecule has 0 spiro atoms. The number of pyridine rings is 1. The van der Waals surface area contributed by atoms with E-state index < -0.39 is 5.91 Å². The van der Waals surface area contributed by atoms with Gasteiger partial charge in [-0.15, -0.1) is 0 Å². The molecule has 2 aromatic heterocycles. The molecule has 1 aromatic carbocycles. The molecule has 4 heterocycles. The average Bonchev–Trinajstić information content (AvgIpc) is 3.47. The number of amides is 2. The number of anilines is 1. The third-order valence-electron chi connectivity index (χ3n) is 6.51. The van der Waals surface area contributed by atoms with Crippen molar-refractivity contribution in [2.75, 3.05) is 18.0 Å². The summed E-state index contributed by atoms with van der Waals surface area (Å²) in [4.78, 5) is 36.3. The van der Waals surface area contributed by atoms with Gasteiger partial charge in [0, 0.05) is 42.8 Å². The number of aromatic amines is 1. The van der Waals surface area contributed by atoms with Crippen molar-refractivity contribution in [1.29, 1.82) is 0 Å². The quantitative estimate of drug-likeness (QED) is 0.684. The molecule has 154 valence electrons. The van der Waals surface area contributed by atoms with E-state index in [4.69, 9.17) is 5.73 Å². The van der Waals surface area contributed by atoms with Gasteiger partial charge < -0.3 is 20.5 Å². The van der Waals surface area contributed by atoms with Crippen molar-refractivity contribution in [1.82, 2.24) is 14.9 Å². The van der Waals surface area contributed by atoms with Crippen LogP contribution in [0.5, 0.6) is 0 Å². The summed E-state index contributed by atoms with van der Waals surface area (Å²) in [6, 6.07) is 12.3. The summed E-state index contributed by atoms with van der Waals surface area (Å²) < 4.78 is 0. The van der Waals surface area contributed by atoms with Crippen LogP contribution in [0, 0.1) is 0 Å². The normalized spacial score (nSPS) is 20.7. The number of fused-ring (bicyclic) bond motifs is 2. The number of carbonyl (C=O) groups is 2. The first-order valence-corrected chi connectivity index (χ1v) is 10.5. The summed E-state index contributed by atoms with van der Waals surface area (Å²) in [5, 5.41) is 1.20. The fraction of sp³-hybridized carbons (Fsp3) is 0.348. The molecule has 0 unspecified atom stereocenters. The second kappa shape index (κ2) is 7.48. The minimum Gasteiger partial charge on any atom is -0.366 e. The number of hydrogen-bond acceptors (Lipinski definition) is 4. The Morgan fingerprint density at radius 2 is 1.93 bits per heavy atom. The number of benzene rings is 1. The van der Waals surface area contributed by atoms with Crippen molar-refractivity contribution < 1.29 is 9.59 Å². The zero-order valence-corrected chi connectivity index (χ0v) is 16.8. The average molecular weight is 403 g/mol. The Morgan fingerprint density at radius 1 is 1.10 bits per heavy atom. The third-order valence-corrected chi connectivity index (χ3v) is 6.51. The summed E-state index contributed by atoms with van der Waals surface area (Å²) >= 11 is 0. The highest BCUT2D eigenvalue weighted by Crippen LogP contribution is 2.35. The number of rotatable bonds is 5. The highest BCUT2D eigenvalue weighted by Gasteiger charge is 2.44. The van der Waals surface area contributed by atoms with E-state index >= 15 is 0 Å². The molecule has 3 aromatic rings. The molecule has 0 radical (unpaired) electrons. The lowest BCUT2D eigenvalue weighted by Crippen LogP contribution is -2.40. The van der Waals surface area contributed by atoms with Crippen LogP contribution in [0.15, 0.2) is 48.8 Å². The van der Waals surface area contributed by atoms with Crippen LogP contribution in [0.4, 0.5) is 5.82 Å². The van der Waals surface area contributed by atoms with Crippen molar-refractivity contribution >= 4 is 28.5 Å². The van der Waals surface area contributed by atoms with Gasteiger partial charge in [0.1, 0.15) is 5.82 Å². The summed E-state index contributed by atoms with van der Waals surface area (Å²) in [5.74, 6) is 0.605. The number of nitrogens with zero attached hydrogens (tertiary/aromatic N) is 3. The van der Waals surface area contributed by atoms with E-state index in [0.717, 1.165) is 43.7 Å². The predicted molar refractivity (Wildman–Crippen MR) is 115 cm³/mol. The largest absolute Gasteiger partial charge is 0.366 e. The Kier molecular flexibility index (Phi) is 4.65. The number of nitrogens with two attached hydrogens (primary N) is 1. The van der Waals surface area contributed by atoms with Crippen LogP contribution < -0.4 is 10.6 Å². The number of primary amides is 1. The first kappa shape index (κ1) is 18.7. The summed E-state index contributed by atoms with van der Waals surface area (Å²) in [6.07, 6.45) is 6.71. The summed E-state index contributed by atoms with van der Waals surface area (Å²) in [7, 11) is 0. The van der Waals surface area contributed by atoms with Crippen LogP contribution in [0.1, 0.15) is 35.2 Å². The molecular weight excluding hydrogens is 378 g/mol. The van der Waals surface area contributed by atoms with E-state index in [1.807, 2.05) is 24.4 Å². The lowest BCUT2D eigenvalue weighted by Gasteiger charge is -2.26. The van der Waals surface area contributed by atoms with Crippen LogP contribution in [-0.4, -0.2) is 51.9 Å². The lowest BCUT2D eigenvalue weighted by molar-refractivity contribution is -0.131. The fourth-order valence-electron chi connectivity index (χ4n) is 5.01. The van der Waals surface area contributed by atoms with Crippen molar-refractivity contribution in [3.05, 3.63) is 59.9 Å². The van der Waals surface area contributed by atoms with Crippen molar-refractivity contribution in [3.8, 4) is 0 Å². The minimum atomic E-state index is -0.471. The minimum absolute atomic E-state index is 0.228. The zero-order chi connectivity index (χ0) is 20.7. The van der Waals surface area contributed by atoms with Gasteiger partial charge in [0.15, 0.2) is 0 Å². The lowest BCUT2D eigenvalue weighted by atomic mass is 10.1. The maximum Gasteiger partial charge on any atom is 0.250 e. The van der Waals surface area contributed by atoms with Gasteiger partial charge >= 0.3 is 0 Å². The molecule has 7 nitrogen and oxygen atoms in total. The van der Waals surface area contributed by atoms with E-state index in [-0.39, 0.29) is 18.0 Å². The van der Waals surface area contributed by atoms with E-state index in [1.54, 1.807) is 6.07 Å². The summed E-state index contributed by atoms with van der Waals surface area (Å²) in [5.41, 5.74) is 8.03. The molecule has 0 aliphatic carbocycles. The fourth-order valence-corrected chi connectivity index (χ4v) is 5.01. The van der Waals surface area contributed by atoms with Gasteiger partial charge in [0.2, 0.25) is 11.8 Å². The first-order chi connectivity index (χ1) is 14.6. The van der Waals surface area contributed by atoms with Gasteiger partial charge in [-0.05, 0) is 43.0 Å². The SMILES string of the molecule is NC(=O)c1ccc(N2CC[C@H]3[C@@H]2CCN3C(=O)CCc2c[nH]c3ccccc23)nc1. The second-order valence-corrected chi connectivity index (χ2v) is 8.12. The van der Waals surface area contributed by atoms with Gasteiger partial charge in [0.05, 0.1) is 17.6 Å². The van der Waals surface area contributed by atoms with Gasteiger partial charge in [-0.2, -0.15) is 0 Å². The number of aromatic nitrogens is 2. The summed E-state index contributed by atoms with van der Waals surface area (Å²) in [6.45, 7) is 1.66. The smallest absolute Gasteiger partial charge is 0.250 e. The van der Waals surface area contributed by atoms with Gasteiger partial charge in [0.25, 0.3) is 0 Å². The predicted octanol–water partition coefficient (Wildman–Crippen LogP) is 2.47. The number of aryl methyl sites for hydroxylation is 1. The molecule has 7 heteroatoms. The zero-order valence-electron chi connectivity index (χ0n) is 16.8. The monoisotopic (exact) mass is 403 g/mol. The molecular formula is C23H25N5O2. The molecule has 2 aliphatic rings. The Morgan fingerprint density at radius 3 is 2.73 bits per heavy atom. The number of hydrogen-bond donors (Lipinski definition) is 2. The molecule has 2 fully saturated rings. The first-order valence-electron chi connectivity index (χ1n) is 10.5. The molecule has 0 saturated carbocycles. The third kappa shape index (κ3) is 3.20. The molecule has 0 bridgehead atoms. The Hall–Kier alpha value is -3.35. The van der Waals surface area contributed by atoms with Crippen LogP contribution in [-0.2, 0) is 11.2 Å². The van der Waals surface area contributed by atoms with E-state index in [1.165, 1.54) is 17.1 Å². The van der Waals surface area contributed by atoms with Crippen molar-refractivity contribution in [2.45, 2.75) is 37.8 Å². The van der Waals surface area contributed by atoms with Crippen LogP contribution >= 0.6 is 0 Å². The molecule has 30 heavy (non-hydrogen) atoms. The van der Waals surface area contributed by atoms with Gasteiger partial charge in [-0.1, -0.05) is 18.2 Å². The number of H-pyrrole nitrogens is 1. The molecule has 2 aliphatic heterocycles. The van der Waals surface area contributed by atoms with Crippen LogP contribution in [0.2, 0.25) is 0 Å². The standard InChI is InChI=1S/C23H25N5O2/c24-23(30)16-5-7-21(26-14-16)27-11-9-20-19(27)10-12-28(20)22(29)8-6-15-13-25-18-4-2-1-3-17(15)18/h1-5,7,13-14,19-20,25H,6,8-12H2,(H2,24,30)/t19-,20-/m0/s1. The molecule has 2 atom stereocenters. The van der Waals surface area contributed by atoms with Crippen molar-refractivity contribution in [2.24, 2.45) is 5.73 Å². The number of para-hydroxylation sites is 1. The van der Waals surface area contributed by atoms with Crippen LogP contribution in [0.3, 0.4) is 0 Å². The topological polar surface area (TPSA) is 95.3 Å². The molecule has 5 rings (SSSR count). The molecule has 3 N–H and O–H groups in total.